The van der Waals surface area contributed by atoms with Crippen LogP contribution in [0.25, 0.3) is 0 Å². The van der Waals surface area contributed by atoms with Gasteiger partial charge in [0.1, 0.15) is 0 Å². The first-order valence-electron chi connectivity index (χ1n) is 8.45. The maximum Gasteiger partial charge on any atom is 0.225 e. The van der Waals surface area contributed by atoms with Gasteiger partial charge in [0, 0.05) is 63.6 Å². The molecule has 3 rings (SSSR count). The van der Waals surface area contributed by atoms with Crippen LogP contribution in [-0.4, -0.2) is 64.7 Å². The van der Waals surface area contributed by atoms with Crippen molar-refractivity contribution < 1.29 is 9.90 Å². The number of aliphatic hydroxyl groups excluding tert-OH is 1. The number of likely N-dealkylation sites (tertiary alicyclic amines) is 1. The van der Waals surface area contributed by atoms with E-state index in [1.807, 2.05) is 12.4 Å². The highest BCUT2D eigenvalue weighted by molar-refractivity contribution is 5.78. The monoisotopic (exact) mass is 319 g/mol. The maximum absolute atomic E-state index is 11.5. The van der Waals surface area contributed by atoms with Gasteiger partial charge in [-0.15, -0.1) is 0 Å². The average Bonchev–Trinajstić information content (AvgIpc) is 3.21. The molecule has 7 heteroatoms. The standard InChI is InChI=1S/C16H25N5O2/c22-14(12-21-7-3-4-15(21)23)11-17-8-13-9-18-16(19-10-13)20-5-1-2-6-20/h9-10,14,17,22H,1-8,11-12H2/t14-/m0/s1. The molecule has 0 bridgehead atoms. The number of rotatable bonds is 7. The predicted octanol–water partition coefficient (Wildman–Crippen LogP) is 0.150. The van der Waals surface area contributed by atoms with Crippen LogP contribution in [0, 0.1) is 0 Å². The lowest BCUT2D eigenvalue weighted by molar-refractivity contribution is -0.128. The van der Waals surface area contributed by atoms with Crippen LogP contribution in [0.5, 0.6) is 0 Å². The molecule has 1 aromatic heterocycles. The summed E-state index contributed by atoms with van der Waals surface area (Å²) in [6, 6.07) is 0. The molecule has 0 spiro atoms. The van der Waals surface area contributed by atoms with Crippen LogP contribution < -0.4 is 10.2 Å². The largest absolute Gasteiger partial charge is 0.390 e. The number of aromatic nitrogens is 2. The molecule has 1 atom stereocenters. The molecule has 1 amide bonds. The van der Waals surface area contributed by atoms with E-state index >= 15 is 0 Å². The minimum absolute atomic E-state index is 0.148. The van der Waals surface area contributed by atoms with Crippen LogP contribution in [0.15, 0.2) is 12.4 Å². The van der Waals surface area contributed by atoms with E-state index < -0.39 is 6.10 Å². The molecule has 1 aromatic rings. The lowest BCUT2D eigenvalue weighted by Crippen LogP contribution is -2.38. The van der Waals surface area contributed by atoms with Crippen LogP contribution in [0.2, 0.25) is 0 Å². The molecule has 126 valence electrons. The molecule has 2 aliphatic rings. The summed E-state index contributed by atoms with van der Waals surface area (Å²) in [7, 11) is 0. The van der Waals surface area contributed by atoms with Gasteiger partial charge in [-0.2, -0.15) is 0 Å². The summed E-state index contributed by atoms with van der Waals surface area (Å²) in [5, 5.41) is 13.2. The molecule has 2 fully saturated rings. The van der Waals surface area contributed by atoms with Crippen LogP contribution in [-0.2, 0) is 11.3 Å². The molecule has 0 radical (unpaired) electrons. The highest BCUT2D eigenvalue weighted by Gasteiger charge is 2.22. The molecule has 2 aliphatic heterocycles. The van der Waals surface area contributed by atoms with E-state index in [-0.39, 0.29) is 5.91 Å². The molecular weight excluding hydrogens is 294 g/mol. The second-order valence-electron chi connectivity index (χ2n) is 6.31. The number of hydrogen-bond acceptors (Lipinski definition) is 6. The molecule has 0 aliphatic carbocycles. The first-order valence-corrected chi connectivity index (χ1v) is 8.45. The number of carbonyl (C=O) groups is 1. The van der Waals surface area contributed by atoms with Crippen molar-refractivity contribution >= 4 is 11.9 Å². The van der Waals surface area contributed by atoms with Gasteiger partial charge in [0.15, 0.2) is 0 Å². The Hall–Kier alpha value is -1.73. The third-order valence-electron chi connectivity index (χ3n) is 4.39. The molecule has 0 unspecified atom stereocenters. The molecule has 2 saturated heterocycles. The Kier molecular flexibility index (Phi) is 5.40. The number of anilines is 1. The van der Waals surface area contributed by atoms with Crippen LogP contribution in [0.4, 0.5) is 5.95 Å². The second-order valence-corrected chi connectivity index (χ2v) is 6.31. The summed E-state index contributed by atoms with van der Waals surface area (Å²) < 4.78 is 0. The van der Waals surface area contributed by atoms with Gasteiger partial charge in [-0.25, -0.2) is 9.97 Å². The Morgan fingerprint density at radius 1 is 1.17 bits per heavy atom. The lowest BCUT2D eigenvalue weighted by Gasteiger charge is -2.20. The first-order chi connectivity index (χ1) is 11.2. The van der Waals surface area contributed by atoms with Gasteiger partial charge >= 0.3 is 0 Å². The summed E-state index contributed by atoms with van der Waals surface area (Å²) in [5.41, 5.74) is 0.998. The Labute approximate surface area is 136 Å². The smallest absolute Gasteiger partial charge is 0.225 e. The summed E-state index contributed by atoms with van der Waals surface area (Å²) in [6.07, 6.45) is 7.07. The van der Waals surface area contributed by atoms with E-state index in [0.29, 0.717) is 26.1 Å². The molecule has 0 saturated carbocycles. The van der Waals surface area contributed by atoms with Gasteiger partial charge in [-0.3, -0.25) is 4.79 Å². The van der Waals surface area contributed by atoms with Gasteiger partial charge in [0.2, 0.25) is 11.9 Å². The first kappa shape index (κ1) is 16.1. The van der Waals surface area contributed by atoms with Crippen molar-refractivity contribution in [3.8, 4) is 0 Å². The van der Waals surface area contributed by atoms with Gasteiger partial charge < -0.3 is 20.2 Å². The number of carbonyl (C=O) groups excluding carboxylic acids is 1. The molecule has 3 heterocycles. The van der Waals surface area contributed by atoms with E-state index in [4.69, 9.17) is 0 Å². The highest BCUT2D eigenvalue weighted by Crippen LogP contribution is 2.14. The Morgan fingerprint density at radius 2 is 1.91 bits per heavy atom. The summed E-state index contributed by atoms with van der Waals surface area (Å²) >= 11 is 0. The van der Waals surface area contributed by atoms with Crippen LogP contribution in [0.3, 0.4) is 0 Å². The minimum atomic E-state index is -0.540. The quantitative estimate of drug-likeness (QED) is 0.744. The van der Waals surface area contributed by atoms with Crippen molar-refractivity contribution in [3.05, 3.63) is 18.0 Å². The molecule has 7 nitrogen and oxygen atoms in total. The van der Waals surface area contributed by atoms with E-state index in [9.17, 15) is 9.90 Å². The van der Waals surface area contributed by atoms with Crippen molar-refractivity contribution in [2.24, 2.45) is 0 Å². The third kappa shape index (κ3) is 4.39. The SMILES string of the molecule is O=C1CCCN1C[C@@H](O)CNCc1cnc(N2CCCC2)nc1. The minimum Gasteiger partial charge on any atom is -0.390 e. The maximum atomic E-state index is 11.5. The van der Waals surface area contributed by atoms with Crippen molar-refractivity contribution in [1.82, 2.24) is 20.2 Å². The van der Waals surface area contributed by atoms with Crippen molar-refractivity contribution in [1.29, 1.82) is 0 Å². The lowest BCUT2D eigenvalue weighted by atomic mass is 10.3. The Morgan fingerprint density at radius 3 is 2.57 bits per heavy atom. The Balaban J connectivity index is 1.38. The van der Waals surface area contributed by atoms with E-state index in [2.05, 4.69) is 20.2 Å². The van der Waals surface area contributed by atoms with E-state index in [0.717, 1.165) is 37.6 Å². The average molecular weight is 319 g/mol. The van der Waals surface area contributed by atoms with Gasteiger partial charge in [0.05, 0.1) is 6.10 Å². The summed E-state index contributed by atoms with van der Waals surface area (Å²) in [6.45, 7) is 4.33. The van der Waals surface area contributed by atoms with Gasteiger partial charge in [0.25, 0.3) is 0 Å². The molecule has 0 aromatic carbocycles. The van der Waals surface area contributed by atoms with Gasteiger partial charge in [-0.05, 0) is 19.3 Å². The zero-order valence-corrected chi connectivity index (χ0v) is 13.4. The summed E-state index contributed by atoms with van der Waals surface area (Å²) in [4.78, 5) is 24.3. The molecular formula is C16H25N5O2. The fourth-order valence-electron chi connectivity index (χ4n) is 3.12. The van der Waals surface area contributed by atoms with E-state index in [1.165, 1.54) is 12.8 Å². The highest BCUT2D eigenvalue weighted by atomic mass is 16.3. The zero-order chi connectivity index (χ0) is 16.1. The fraction of sp³-hybridized carbons (Fsp3) is 0.688. The number of nitrogens with zero attached hydrogens (tertiary/aromatic N) is 4. The second kappa shape index (κ2) is 7.70. The van der Waals surface area contributed by atoms with Crippen molar-refractivity contribution in [2.45, 2.75) is 38.3 Å². The van der Waals surface area contributed by atoms with Crippen molar-refractivity contribution in [2.75, 3.05) is 37.6 Å². The number of amides is 1. The molecule has 2 N–H and O–H groups in total. The van der Waals surface area contributed by atoms with Crippen LogP contribution >= 0.6 is 0 Å². The molecule has 23 heavy (non-hydrogen) atoms. The number of hydrogen-bond donors (Lipinski definition) is 2. The third-order valence-corrected chi connectivity index (χ3v) is 4.39. The number of aliphatic hydroxyl groups is 1. The van der Waals surface area contributed by atoms with Gasteiger partial charge in [-0.1, -0.05) is 0 Å². The summed E-state index contributed by atoms with van der Waals surface area (Å²) in [5.74, 6) is 0.953. The number of nitrogens with one attached hydrogen (secondary N) is 1. The predicted molar refractivity (Wildman–Crippen MR) is 87.0 cm³/mol. The normalized spacial score (nSPS) is 19.6. The zero-order valence-electron chi connectivity index (χ0n) is 13.4. The van der Waals surface area contributed by atoms with Crippen molar-refractivity contribution in [3.63, 3.8) is 0 Å². The fourth-order valence-corrected chi connectivity index (χ4v) is 3.12. The van der Waals surface area contributed by atoms with E-state index in [1.54, 1.807) is 4.90 Å². The Bertz CT molecular complexity index is 516. The number of β-amino-alcohol motifs (C(OH)–C–C–N with tert-alkyl or cyclic N) is 1. The van der Waals surface area contributed by atoms with Crippen LogP contribution in [0.1, 0.15) is 31.2 Å². The topological polar surface area (TPSA) is 81.6 Å².